The molecular weight excluding hydrogens is 508 g/mol. The number of aliphatic hydroxyl groups is 1. The number of rotatable bonds is 13. The quantitative estimate of drug-likeness (QED) is 0.170. The zero-order valence-electron chi connectivity index (χ0n) is 18.8. The Hall–Kier alpha value is -2.92. The van der Waals surface area contributed by atoms with Crippen LogP contribution >= 0.6 is 15.9 Å². The van der Waals surface area contributed by atoms with Crippen molar-refractivity contribution in [1.82, 2.24) is 5.48 Å². The zero-order chi connectivity index (χ0) is 24.8. The average Bonchev–Trinajstić information content (AvgIpc) is 2.84. The lowest BCUT2D eigenvalue weighted by Crippen LogP contribution is -2.29. The van der Waals surface area contributed by atoms with Crippen LogP contribution in [-0.4, -0.2) is 48.2 Å². The molecule has 0 fully saturated rings. The van der Waals surface area contributed by atoms with Gasteiger partial charge in [0, 0.05) is 28.4 Å². The van der Waals surface area contributed by atoms with Crippen LogP contribution in [0.5, 0.6) is 5.75 Å². The Bertz CT molecular complexity index is 937. The van der Waals surface area contributed by atoms with Crippen molar-refractivity contribution in [2.45, 2.75) is 32.0 Å². The maximum atomic E-state index is 12.8. The number of para-hydroxylation sites is 1. The maximum absolute atomic E-state index is 12.8. The van der Waals surface area contributed by atoms with E-state index in [1.807, 2.05) is 6.92 Å². The first-order valence-electron chi connectivity index (χ1n) is 10.8. The number of nitrogens with one attached hydrogen (secondary N) is 2. The molecule has 2 rings (SSSR count). The number of benzene rings is 2. The van der Waals surface area contributed by atoms with Gasteiger partial charge in [-0.1, -0.05) is 40.2 Å². The Morgan fingerprint density at radius 2 is 1.88 bits per heavy atom. The Morgan fingerprint density at radius 3 is 2.56 bits per heavy atom. The van der Waals surface area contributed by atoms with Gasteiger partial charge >= 0.3 is 6.09 Å². The highest BCUT2D eigenvalue weighted by Crippen LogP contribution is 2.34. The summed E-state index contributed by atoms with van der Waals surface area (Å²) in [4.78, 5) is 24.0. The lowest BCUT2D eigenvalue weighted by molar-refractivity contribution is -0.124. The van der Waals surface area contributed by atoms with E-state index in [1.54, 1.807) is 54.6 Å². The van der Waals surface area contributed by atoms with Gasteiger partial charge in [-0.3, -0.25) is 15.3 Å². The van der Waals surface area contributed by atoms with Crippen LogP contribution in [0, 0.1) is 0 Å². The van der Waals surface area contributed by atoms with Gasteiger partial charge in [0.05, 0.1) is 12.7 Å². The van der Waals surface area contributed by atoms with Crippen LogP contribution in [0.3, 0.4) is 0 Å². The summed E-state index contributed by atoms with van der Waals surface area (Å²) in [5, 5.41) is 20.5. The summed E-state index contributed by atoms with van der Waals surface area (Å²) in [5.41, 5.74) is 2.67. The molecule has 34 heavy (non-hydrogen) atoms. The first-order chi connectivity index (χ1) is 16.5. The van der Waals surface area contributed by atoms with E-state index < -0.39 is 24.2 Å². The van der Waals surface area contributed by atoms with Gasteiger partial charge in [0.15, 0.2) is 6.10 Å². The number of carbonyl (C=O) groups is 2. The Labute approximate surface area is 206 Å². The summed E-state index contributed by atoms with van der Waals surface area (Å²) in [7, 11) is 0. The summed E-state index contributed by atoms with van der Waals surface area (Å²) in [5.74, 6) is -0.185. The minimum absolute atomic E-state index is 0.0765. The Morgan fingerprint density at radius 1 is 1.15 bits per heavy atom. The highest BCUT2D eigenvalue weighted by molar-refractivity contribution is 9.10. The van der Waals surface area contributed by atoms with Crippen LogP contribution in [0.15, 0.2) is 65.2 Å². The smallest absolute Gasteiger partial charge is 0.412 e. The predicted octanol–water partition coefficient (Wildman–Crippen LogP) is 4.36. The van der Waals surface area contributed by atoms with E-state index in [4.69, 9.17) is 19.4 Å². The van der Waals surface area contributed by atoms with E-state index in [9.17, 15) is 14.7 Å². The van der Waals surface area contributed by atoms with Crippen LogP contribution in [0.2, 0.25) is 0 Å². The predicted molar refractivity (Wildman–Crippen MR) is 130 cm³/mol. The molecule has 0 aliphatic rings. The van der Waals surface area contributed by atoms with Gasteiger partial charge in [0.1, 0.15) is 12.4 Å². The third kappa shape index (κ3) is 9.14. The number of allylic oxidation sites excluding steroid dienone is 1. The van der Waals surface area contributed by atoms with Gasteiger partial charge in [0.25, 0.3) is 5.91 Å². The second-order valence-electron chi connectivity index (χ2n) is 7.02. The number of halogens is 1. The van der Waals surface area contributed by atoms with Gasteiger partial charge in [0.2, 0.25) is 0 Å². The van der Waals surface area contributed by atoms with E-state index >= 15 is 0 Å². The fraction of sp³-hybridized carbons (Fsp3) is 0.333. The standard InChI is InChI=1S/C24H29BrN2O7/c1-2-32-21(9-5-6-10-22(29)27-31)23(19-7-3-4-8-20(19)33-16-15-28)34-24(30)26-18-13-11-17(25)12-14-18/h3-4,6-8,10-14,21,23,28,31H,2,5,9,15-16H2,1H3,(H,26,30)(H,27,29)/b10-6+/t21-,23-/m0/s1. The third-order valence-electron chi connectivity index (χ3n) is 4.61. The number of amides is 2. The summed E-state index contributed by atoms with van der Waals surface area (Å²) in [6, 6.07) is 14.1. The first-order valence-corrected chi connectivity index (χ1v) is 11.6. The third-order valence-corrected chi connectivity index (χ3v) is 5.14. The molecular formula is C24H29BrN2O7. The number of hydroxylamine groups is 1. The normalized spacial score (nSPS) is 12.7. The van der Waals surface area contributed by atoms with Crippen molar-refractivity contribution in [2.75, 3.05) is 25.1 Å². The van der Waals surface area contributed by atoms with Crippen LogP contribution < -0.4 is 15.5 Å². The Balaban J connectivity index is 2.28. The fourth-order valence-corrected chi connectivity index (χ4v) is 3.43. The van der Waals surface area contributed by atoms with Crippen LogP contribution in [0.1, 0.15) is 31.4 Å². The largest absolute Gasteiger partial charge is 0.491 e. The Kier molecular flexibility index (Phi) is 12.1. The van der Waals surface area contributed by atoms with Gasteiger partial charge in [-0.25, -0.2) is 10.3 Å². The number of anilines is 1. The van der Waals surface area contributed by atoms with Crippen molar-refractivity contribution < 1.29 is 34.1 Å². The van der Waals surface area contributed by atoms with Gasteiger partial charge in [-0.15, -0.1) is 0 Å². The van der Waals surface area contributed by atoms with Gasteiger partial charge < -0.3 is 19.3 Å². The lowest BCUT2D eigenvalue weighted by atomic mass is 9.99. The second kappa shape index (κ2) is 15.1. The summed E-state index contributed by atoms with van der Waals surface area (Å²) in [6.07, 6.45) is 1.54. The molecule has 2 atom stereocenters. The number of ether oxygens (including phenoxy) is 3. The lowest BCUT2D eigenvalue weighted by Gasteiger charge is -2.28. The summed E-state index contributed by atoms with van der Waals surface area (Å²) >= 11 is 3.35. The molecule has 2 aromatic carbocycles. The van der Waals surface area contributed by atoms with E-state index in [0.29, 0.717) is 36.4 Å². The molecule has 9 nitrogen and oxygen atoms in total. The molecule has 4 N–H and O–H groups in total. The van der Waals surface area contributed by atoms with Crippen LogP contribution in [0.25, 0.3) is 0 Å². The molecule has 0 aromatic heterocycles. The van der Waals surface area contributed by atoms with E-state index in [2.05, 4.69) is 21.2 Å². The number of hydrogen-bond acceptors (Lipinski definition) is 7. The molecule has 2 amide bonds. The van der Waals surface area contributed by atoms with Crippen molar-refractivity contribution in [2.24, 2.45) is 0 Å². The van der Waals surface area contributed by atoms with E-state index in [0.717, 1.165) is 4.47 Å². The van der Waals surface area contributed by atoms with Crippen LogP contribution in [-0.2, 0) is 14.3 Å². The van der Waals surface area contributed by atoms with Crippen molar-refractivity contribution in [3.05, 3.63) is 70.7 Å². The molecule has 0 saturated heterocycles. The van der Waals surface area contributed by atoms with Crippen LogP contribution in [0.4, 0.5) is 10.5 Å². The zero-order valence-corrected chi connectivity index (χ0v) is 20.4. The number of carbonyl (C=O) groups excluding carboxylic acids is 2. The highest BCUT2D eigenvalue weighted by atomic mass is 79.9. The van der Waals surface area contributed by atoms with E-state index in [-0.39, 0.29) is 13.2 Å². The number of aliphatic hydroxyl groups excluding tert-OH is 1. The first kappa shape index (κ1) is 27.3. The molecule has 0 heterocycles. The highest BCUT2D eigenvalue weighted by Gasteiger charge is 2.30. The van der Waals surface area contributed by atoms with Crippen molar-refractivity contribution in [1.29, 1.82) is 0 Å². The topological polar surface area (TPSA) is 126 Å². The molecule has 0 aliphatic heterocycles. The fourth-order valence-electron chi connectivity index (χ4n) is 3.16. The minimum atomic E-state index is -0.842. The van der Waals surface area contributed by atoms with Gasteiger partial charge in [-0.2, -0.15) is 0 Å². The number of hydrogen-bond donors (Lipinski definition) is 4. The molecule has 2 aromatic rings. The molecule has 0 radical (unpaired) electrons. The summed E-state index contributed by atoms with van der Waals surface area (Å²) < 4.78 is 18.3. The maximum Gasteiger partial charge on any atom is 0.412 e. The van der Waals surface area contributed by atoms with Crippen molar-refractivity contribution >= 4 is 33.6 Å². The monoisotopic (exact) mass is 536 g/mol. The van der Waals surface area contributed by atoms with E-state index in [1.165, 1.54) is 11.6 Å². The average molecular weight is 537 g/mol. The van der Waals surface area contributed by atoms with Gasteiger partial charge in [-0.05, 0) is 50.1 Å². The molecule has 184 valence electrons. The molecule has 0 bridgehead atoms. The molecule has 0 spiro atoms. The van der Waals surface area contributed by atoms with Crippen molar-refractivity contribution in [3.8, 4) is 5.75 Å². The molecule has 10 heteroatoms. The minimum Gasteiger partial charge on any atom is -0.491 e. The molecule has 0 unspecified atom stereocenters. The van der Waals surface area contributed by atoms with Crippen molar-refractivity contribution in [3.63, 3.8) is 0 Å². The SMILES string of the molecule is CCO[C@@H](CC/C=C/C(=O)NO)[C@@H](OC(=O)Nc1ccc(Br)cc1)c1ccccc1OCCO. The second-order valence-corrected chi connectivity index (χ2v) is 7.93. The molecule has 0 aliphatic carbocycles. The summed E-state index contributed by atoms with van der Waals surface area (Å²) in [6.45, 7) is 2.10. The molecule has 0 saturated carbocycles.